The number of nitrogens with two attached hydrogens (primary N) is 2. The van der Waals surface area contributed by atoms with E-state index in [1.807, 2.05) is 60.5 Å². The Morgan fingerprint density at radius 2 is 1.40 bits per heavy atom. The monoisotopic (exact) mass is 1340 g/mol. The summed E-state index contributed by atoms with van der Waals surface area (Å²) in [7, 11) is 3.44. The van der Waals surface area contributed by atoms with Crippen LogP contribution in [0.3, 0.4) is 0 Å². The molecule has 8 amide bonds. The van der Waals surface area contributed by atoms with Gasteiger partial charge in [0.05, 0.1) is 74.4 Å². The fraction of sp³-hybridized carbons (Fsp3) is 0.682. The number of cyclic esters (lactones) is 1. The van der Waals surface area contributed by atoms with Gasteiger partial charge in [-0.15, -0.1) is 0 Å². The first kappa shape index (κ1) is 80.0. The highest BCUT2D eigenvalue weighted by molar-refractivity contribution is 7.47. The highest BCUT2D eigenvalue weighted by Crippen LogP contribution is 2.49. The van der Waals surface area contributed by atoms with Crippen molar-refractivity contribution in [2.45, 2.75) is 206 Å². The van der Waals surface area contributed by atoms with Crippen LogP contribution in [0.15, 0.2) is 54.6 Å². The third kappa shape index (κ3) is 23.4. The first-order chi connectivity index (χ1) is 44.3. The maximum Gasteiger partial charge on any atom is 0.473 e. The lowest BCUT2D eigenvalue weighted by Gasteiger charge is -2.41. The van der Waals surface area contributed by atoms with Crippen molar-refractivity contribution in [1.29, 1.82) is 0 Å². The van der Waals surface area contributed by atoms with E-state index in [4.69, 9.17) is 34.7 Å². The number of hydrogen-bond donors (Lipinski definition) is 9. The minimum Gasteiger partial charge on any atom is -0.464 e. The van der Waals surface area contributed by atoms with Gasteiger partial charge < -0.3 is 72.3 Å². The second-order valence-corrected chi connectivity index (χ2v) is 27.5. The smallest absolute Gasteiger partial charge is 0.464 e. The average Bonchev–Trinajstić information content (AvgIpc) is 1.74. The van der Waals surface area contributed by atoms with Crippen molar-refractivity contribution in [3.05, 3.63) is 65.7 Å². The van der Waals surface area contributed by atoms with Gasteiger partial charge >= 0.3 is 13.8 Å². The maximum absolute atomic E-state index is 14.6. The molecule has 0 aromatic heterocycles. The SMILES string of the molecule is CC[C@H](C)[C@@H]([C@@H](CC(=O)N1CCC[C@H]1[C@H](OC)[C@@H](C)C(=O)N[C@H](C)[C@@H](OP(=O)(O)OCc1ccc(NC(=O)[C@H](CCCCN)NC(=O)[C@@H](NC(=O)[C@@H](N)CC(=O)N[C@H]2CCOC2=O)C(C)C)cc1)c1ccccc1)OC)N(C)C(=O)[C@@H](NC(=O)[C@H](C(C)C)N(C)C)C(C)C. The number of likely N-dealkylation sites (N-methyl/N-ethyl adjacent to an activating group) is 2. The largest absolute Gasteiger partial charge is 0.473 e. The number of phosphoric ester groups is 1. The number of phosphoric acid groups is 1. The summed E-state index contributed by atoms with van der Waals surface area (Å²) in [5.74, 6) is -6.21. The lowest BCUT2D eigenvalue weighted by atomic mass is 9.89. The molecule has 1 unspecified atom stereocenters. The van der Waals surface area contributed by atoms with Gasteiger partial charge in [0.15, 0.2) is 0 Å². The number of amides is 8. The number of anilines is 1. The first-order valence-corrected chi connectivity index (χ1v) is 34.3. The summed E-state index contributed by atoms with van der Waals surface area (Å²) in [5.41, 5.74) is 13.0. The normalized spacial score (nSPS) is 19.5. The van der Waals surface area contributed by atoms with Gasteiger partial charge in [-0.2, -0.15) is 0 Å². The van der Waals surface area contributed by atoms with Crippen LogP contribution in [0.25, 0.3) is 0 Å². The Morgan fingerprint density at radius 3 is 1.96 bits per heavy atom. The van der Waals surface area contributed by atoms with E-state index in [1.54, 1.807) is 87.0 Å². The molecule has 2 aliphatic rings. The first-order valence-electron chi connectivity index (χ1n) is 32.8. The molecule has 2 aromatic rings. The quantitative estimate of drug-likeness (QED) is 0.0259. The third-order valence-corrected chi connectivity index (χ3v) is 18.5. The summed E-state index contributed by atoms with van der Waals surface area (Å²) in [5, 5.41) is 16.6. The fourth-order valence-corrected chi connectivity index (χ4v) is 13.1. The minimum atomic E-state index is -4.90. The topological polar surface area (TPSA) is 371 Å². The molecule has 28 heteroatoms. The van der Waals surface area contributed by atoms with Crippen molar-refractivity contribution < 1.29 is 75.9 Å². The third-order valence-electron chi connectivity index (χ3n) is 17.6. The number of unbranched alkanes of at least 4 members (excludes halogenated alkanes) is 1. The van der Waals surface area contributed by atoms with E-state index in [-0.39, 0.29) is 61.3 Å². The lowest BCUT2D eigenvalue weighted by Crippen LogP contribution is -2.59. The number of benzene rings is 2. The lowest BCUT2D eigenvalue weighted by molar-refractivity contribution is -0.148. The van der Waals surface area contributed by atoms with Crippen LogP contribution >= 0.6 is 7.82 Å². The molecule has 94 heavy (non-hydrogen) atoms. The van der Waals surface area contributed by atoms with Crippen molar-refractivity contribution >= 4 is 66.7 Å². The van der Waals surface area contributed by atoms with Crippen LogP contribution < -0.4 is 43.4 Å². The molecule has 4 rings (SSSR count). The number of esters is 1. The van der Waals surface area contributed by atoms with E-state index in [9.17, 15) is 52.6 Å². The van der Waals surface area contributed by atoms with Crippen LogP contribution in [0.2, 0.25) is 0 Å². The maximum atomic E-state index is 14.6. The van der Waals surface area contributed by atoms with Gasteiger partial charge in [0, 0.05) is 39.9 Å². The summed E-state index contributed by atoms with van der Waals surface area (Å²) in [4.78, 5) is 139. The van der Waals surface area contributed by atoms with Crippen LogP contribution in [-0.4, -0.2) is 194 Å². The van der Waals surface area contributed by atoms with Crippen molar-refractivity contribution in [2.75, 3.05) is 60.4 Å². The van der Waals surface area contributed by atoms with Crippen molar-refractivity contribution in [1.82, 2.24) is 41.3 Å². The predicted octanol–water partition coefficient (Wildman–Crippen LogP) is 4.06. The molecule has 0 spiro atoms. The standard InChI is InChI=1S/C66H108N11O16P/c1-16-41(8)57(76(13)65(85)55(39(4)5)74-64(84)56(40(6)7)75(11)12)51(89-14)36-53(79)77-33-22-26-50(77)58(90-15)42(9)60(80)69-43(10)59(45-23-18-17-19-24-45)93-94(87,88)92-37-44-27-29-46(30-28-44)70-62(82)48(25-20-21-32-67)72-63(83)54(38(2)3)73-61(81)47(68)35-52(78)71-49-31-34-91-66(49)86/h17-19,23-24,27-30,38-43,47-51,54-59H,16,20-22,25-26,31-37,67-68H2,1-15H3,(H,69,80)(H,70,82)(H,71,78)(H,72,83)(H,73,81)(H,74,84)(H,87,88)/t41-,42+,43+,47-,48-,49-,50-,51+,54-,55-,56-,57-,58+,59+/m0/s1. The molecule has 2 aliphatic heterocycles. The number of likely N-dealkylation sites (tertiary alicyclic amines) is 1. The Balaban J connectivity index is 1.41. The molecule has 0 radical (unpaired) electrons. The summed E-state index contributed by atoms with van der Waals surface area (Å²) in [6.07, 6.45) is 0.0745. The molecule has 15 atom stereocenters. The molecule has 2 heterocycles. The highest BCUT2D eigenvalue weighted by Gasteiger charge is 2.44. The zero-order chi connectivity index (χ0) is 70.3. The number of carbonyl (C=O) groups is 9. The second-order valence-electron chi connectivity index (χ2n) is 26.1. The zero-order valence-corrected chi connectivity index (χ0v) is 58.6. The average molecular weight is 1340 g/mol. The van der Waals surface area contributed by atoms with Crippen LogP contribution in [0, 0.1) is 29.6 Å². The Morgan fingerprint density at radius 1 is 0.766 bits per heavy atom. The number of methoxy groups -OCH3 is 2. The number of hydrogen-bond acceptors (Lipinski definition) is 18. The van der Waals surface area contributed by atoms with Crippen LogP contribution in [0.4, 0.5) is 5.69 Å². The zero-order valence-electron chi connectivity index (χ0n) is 57.7. The highest BCUT2D eigenvalue weighted by atomic mass is 31.2. The molecule has 0 aliphatic carbocycles. The van der Waals surface area contributed by atoms with Crippen LogP contribution in [-0.2, 0) is 77.6 Å². The van der Waals surface area contributed by atoms with Gasteiger partial charge in [-0.25, -0.2) is 9.36 Å². The minimum absolute atomic E-state index is 0.0109. The summed E-state index contributed by atoms with van der Waals surface area (Å²) in [6.45, 7) is 18.8. The fourth-order valence-electron chi connectivity index (χ4n) is 12.2. The van der Waals surface area contributed by atoms with Crippen molar-refractivity contribution in [3.63, 3.8) is 0 Å². The van der Waals surface area contributed by atoms with E-state index in [0.717, 1.165) is 0 Å². The van der Waals surface area contributed by atoms with Crippen LogP contribution in [0.5, 0.6) is 0 Å². The molecule has 27 nitrogen and oxygen atoms in total. The van der Waals surface area contributed by atoms with E-state index in [2.05, 4.69) is 31.9 Å². The molecule has 528 valence electrons. The Labute approximate surface area is 555 Å². The Bertz CT molecular complexity index is 2840. The van der Waals surface area contributed by atoms with Gasteiger partial charge in [0.2, 0.25) is 47.3 Å². The number of nitrogens with one attached hydrogen (secondary N) is 6. The van der Waals surface area contributed by atoms with E-state index in [1.165, 1.54) is 26.4 Å². The molecule has 0 bridgehead atoms. The number of nitrogens with zero attached hydrogens (tertiary/aromatic N) is 3. The molecule has 11 N–H and O–H groups in total. The van der Waals surface area contributed by atoms with E-state index in [0.29, 0.717) is 62.0 Å². The van der Waals surface area contributed by atoms with Crippen molar-refractivity contribution in [3.8, 4) is 0 Å². The van der Waals surface area contributed by atoms with E-state index < -0.39 is 141 Å². The van der Waals surface area contributed by atoms with Gasteiger partial charge in [-0.1, -0.05) is 111 Å². The number of rotatable bonds is 39. The van der Waals surface area contributed by atoms with Crippen molar-refractivity contribution in [2.24, 2.45) is 41.1 Å². The van der Waals surface area contributed by atoms with E-state index >= 15 is 0 Å². The van der Waals surface area contributed by atoms with Gasteiger partial charge in [-0.05, 0) is 107 Å². The molecule has 0 saturated carbocycles. The summed E-state index contributed by atoms with van der Waals surface area (Å²) >= 11 is 0. The predicted molar refractivity (Wildman–Crippen MR) is 354 cm³/mol. The van der Waals surface area contributed by atoms with Crippen LogP contribution in [0.1, 0.15) is 144 Å². The Kier molecular flexibility index (Phi) is 32.6. The molecular weight excluding hydrogens is 1230 g/mol. The molecular formula is C66H108N11O16P. The van der Waals surface area contributed by atoms with Gasteiger partial charge in [-0.3, -0.25) is 52.3 Å². The number of carbonyl (C=O) groups excluding carboxylic acids is 9. The molecule has 2 fully saturated rings. The van der Waals surface area contributed by atoms with Gasteiger partial charge in [0.1, 0.15) is 30.3 Å². The van der Waals surface area contributed by atoms with Gasteiger partial charge in [0.25, 0.3) is 0 Å². The summed E-state index contributed by atoms with van der Waals surface area (Å²) in [6, 6.07) is 7.03. The second kappa shape index (κ2) is 38.4. The Hall–Kier alpha value is -6.42. The summed E-state index contributed by atoms with van der Waals surface area (Å²) < 4.78 is 42.2. The molecule has 2 saturated heterocycles. The molecule has 2 aromatic carbocycles. The number of ether oxygens (including phenoxy) is 3.